The van der Waals surface area contributed by atoms with Crippen molar-refractivity contribution in [1.82, 2.24) is 10.2 Å². The van der Waals surface area contributed by atoms with E-state index in [1.165, 1.54) is 7.11 Å². The maximum Gasteiger partial charge on any atom is 0.325 e. The number of methoxy groups -OCH3 is 1. The Bertz CT molecular complexity index is 591. The third kappa shape index (κ3) is 4.55. The van der Waals surface area contributed by atoms with Gasteiger partial charge in [0.2, 0.25) is 0 Å². The second-order valence-corrected chi connectivity index (χ2v) is 6.56. The van der Waals surface area contributed by atoms with Gasteiger partial charge in [-0.05, 0) is 24.6 Å². The first kappa shape index (κ1) is 18.4. The molecule has 1 aliphatic heterocycles. The van der Waals surface area contributed by atoms with Gasteiger partial charge < -0.3 is 20.5 Å². The summed E-state index contributed by atoms with van der Waals surface area (Å²) in [4.78, 5) is 25.4. The van der Waals surface area contributed by atoms with Gasteiger partial charge in [-0.3, -0.25) is 9.69 Å². The highest BCUT2D eigenvalue weighted by atomic mass is 32.2. The minimum atomic E-state index is -0.881. The standard InChI is InChI=1S/C16H23N3O4S/c1-3-17-16(22)18-12-5-4-11(10-13(12)23-2)14(15(20)21)19-6-8-24-9-7-19/h4-5,10,14H,3,6-9H2,1-2H3,(H,20,21)(H2,17,18,22)/t14-/m1/s1. The summed E-state index contributed by atoms with van der Waals surface area (Å²) < 4.78 is 5.32. The van der Waals surface area contributed by atoms with Gasteiger partial charge in [-0.15, -0.1) is 0 Å². The number of anilines is 1. The van der Waals surface area contributed by atoms with E-state index in [9.17, 15) is 14.7 Å². The Labute approximate surface area is 145 Å². The normalized spacial score (nSPS) is 16.2. The predicted octanol–water partition coefficient (Wildman–Crippen LogP) is 2.01. The highest BCUT2D eigenvalue weighted by Crippen LogP contribution is 2.31. The van der Waals surface area contributed by atoms with Crippen LogP contribution in [0.15, 0.2) is 18.2 Å². The van der Waals surface area contributed by atoms with Crippen LogP contribution in [0.2, 0.25) is 0 Å². The van der Waals surface area contributed by atoms with Gasteiger partial charge in [-0.1, -0.05) is 6.07 Å². The van der Waals surface area contributed by atoms with E-state index in [1.807, 2.05) is 23.6 Å². The zero-order chi connectivity index (χ0) is 17.5. The van der Waals surface area contributed by atoms with Crippen LogP contribution in [0.25, 0.3) is 0 Å². The molecule has 1 aliphatic rings. The number of carbonyl (C=O) groups is 2. The topological polar surface area (TPSA) is 90.9 Å². The molecule has 0 aromatic heterocycles. The van der Waals surface area contributed by atoms with Crippen LogP contribution in [0.1, 0.15) is 18.5 Å². The lowest BCUT2D eigenvalue weighted by Gasteiger charge is -2.32. The van der Waals surface area contributed by atoms with E-state index >= 15 is 0 Å². The van der Waals surface area contributed by atoms with Crippen LogP contribution in [-0.4, -0.2) is 60.3 Å². The molecule has 1 saturated heterocycles. The Kier molecular flexibility index (Phi) is 6.74. The fraction of sp³-hybridized carbons (Fsp3) is 0.500. The van der Waals surface area contributed by atoms with E-state index < -0.39 is 12.0 Å². The van der Waals surface area contributed by atoms with Crippen LogP contribution < -0.4 is 15.4 Å². The first-order chi connectivity index (χ1) is 11.6. The Morgan fingerprint density at radius 2 is 2.08 bits per heavy atom. The molecule has 3 N–H and O–H groups in total. The van der Waals surface area contributed by atoms with Gasteiger partial charge in [0.05, 0.1) is 12.8 Å². The van der Waals surface area contributed by atoms with Crippen molar-refractivity contribution in [2.75, 3.05) is 43.6 Å². The second-order valence-electron chi connectivity index (χ2n) is 5.33. The van der Waals surface area contributed by atoms with Crippen molar-refractivity contribution in [3.8, 4) is 5.75 Å². The van der Waals surface area contributed by atoms with Crippen molar-refractivity contribution in [2.45, 2.75) is 13.0 Å². The Morgan fingerprint density at radius 1 is 1.38 bits per heavy atom. The Balaban J connectivity index is 2.25. The van der Waals surface area contributed by atoms with E-state index in [0.717, 1.165) is 24.6 Å². The van der Waals surface area contributed by atoms with Crippen molar-refractivity contribution < 1.29 is 19.4 Å². The zero-order valence-corrected chi connectivity index (χ0v) is 14.7. The van der Waals surface area contributed by atoms with Crippen molar-refractivity contribution in [3.05, 3.63) is 23.8 Å². The quantitative estimate of drug-likeness (QED) is 0.725. The summed E-state index contributed by atoms with van der Waals surface area (Å²) in [6, 6.07) is 4.05. The predicted molar refractivity (Wildman–Crippen MR) is 95.0 cm³/mol. The number of rotatable bonds is 6. The first-order valence-corrected chi connectivity index (χ1v) is 8.99. The molecule has 0 unspecified atom stereocenters. The van der Waals surface area contributed by atoms with E-state index in [0.29, 0.717) is 23.5 Å². The van der Waals surface area contributed by atoms with E-state index in [-0.39, 0.29) is 6.03 Å². The molecule has 132 valence electrons. The van der Waals surface area contributed by atoms with E-state index in [4.69, 9.17) is 4.74 Å². The molecule has 0 bridgehead atoms. The van der Waals surface area contributed by atoms with Gasteiger partial charge in [0.15, 0.2) is 0 Å². The fourth-order valence-electron chi connectivity index (χ4n) is 2.65. The average Bonchev–Trinajstić information content (AvgIpc) is 2.57. The maximum absolute atomic E-state index is 11.8. The molecular weight excluding hydrogens is 330 g/mol. The van der Waals surface area contributed by atoms with Crippen LogP contribution >= 0.6 is 11.8 Å². The highest BCUT2D eigenvalue weighted by molar-refractivity contribution is 7.99. The number of carbonyl (C=O) groups excluding carboxylic acids is 1. The summed E-state index contributed by atoms with van der Waals surface area (Å²) in [5, 5.41) is 15.0. The molecule has 24 heavy (non-hydrogen) atoms. The van der Waals surface area contributed by atoms with Gasteiger partial charge >= 0.3 is 12.0 Å². The molecule has 0 saturated carbocycles. The number of nitrogens with zero attached hydrogens (tertiary/aromatic N) is 1. The third-order valence-electron chi connectivity index (χ3n) is 3.77. The fourth-order valence-corrected chi connectivity index (χ4v) is 3.58. The van der Waals surface area contributed by atoms with Crippen LogP contribution in [0, 0.1) is 0 Å². The number of hydrogen-bond acceptors (Lipinski definition) is 5. The number of carboxylic acid groups (broad SMARTS) is 1. The molecule has 1 aromatic rings. The first-order valence-electron chi connectivity index (χ1n) is 7.84. The van der Waals surface area contributed by atoms with Gasteiger partial charge in [0.25, 0.3) is 0 Å². The van der Waals surface area contributed by atoms with Gasteiger partial charge in [-0.2, -0.15) is 11.8 Å². The van der Waals surface area contributed by atoms with Gasteiger partial charge in [-0.25, -0.2) is 4.79 Å². The molecule has 8 heteroatoms. The van der Waals surface area contributed by atoms with Crippen LogP contribution in [0.4, 0.5) is 10.5 Å². The number of carboxylic acids is 1. The summed E-state index contributed by atoms with van der Waals surface area (Å²) in [6.45, 7) is 3.82. The van der Waals surface area contributed by atoms with Gasteiger partial charge in [0, 0.05) is 31.1 Å². The third-order valence-corrected chi connectivity index (χ3v) is 4.71. The molecule has 1 aromatic carbocycles. The molecule has 1 heterocycles. The molecular formula is C16H23N3O4S. The van der Waals surface area contributed by atoms with Crippen LogP contribution in [-0.2, 0) is 4.79 Å². The molecule has 0 radical (unpaired) electrons. The summed E-state index contributed by atoms with van der Waals surface area (Å²) in [5.74, 6) is 1.42. The van der Waals surface area contributed by atoms with Crippen LogP contribution in [0.5, 0.6) is 5.75 Å². The SMILES string of the molecule is CCNC(=O)Nc1ccc([C@H](C(=O)O)N2CCSCC2)cc1OC. The number of hydrogen-bond donors (Lipinski definition) is 3. The second kappa shape index (κ2) is 8.79. The lowest BCUT2D eigenvalue weighted by Crippen LogP contribution is -2.39. The minimum absolute atomic E-state index is 0.327. The Morgan fingerprint density at radius 3 is 2.67 bits per heavy atom. The van der Waals surface area contributed by atoms with Gasteiger partial charge in [0.1, 0.15) is 11.8 Å². The number of benzene rings is 1. The van der Waals surface area contributed by atoms with E-state index in [1.54, 1.807) is 18.2 Å². The molecule has 0 aliphatic carbocycles. The molecule has 2 rings (SSSR count). The number of thioether (sulfide) groups is 1. The molecule has 1 fully saturated rings. The maximum atomic E-state index is 11.8. The van der Waals surface area contributed by atoms with Crippen molar-refractivity contribution >= 4 is 29.4 Å². The lowest BCUT2D eigenvalue weighted by molar-refractivity contribution is -0.143. The van der Waals surface area contributed by atoms with Crippen molar-refractivity contribution in [3.63, 3.8) is 0 Å². The monoisotopic (exact) mass is 353 g/mol. The number of ether oxygens (including phenoxy) is 1. The number of urea groups is 1. The van der Waals surface area contributed by atoms with Crippen molar-refractivity contribution in [1.29, 1.82) is 0 Å². The van der Waals surface area contributed by atoms with Crippen molar-refractivity contribution in [2.24, 2.45) is 0 Å². The summed E-state index contributed by atoms with van der Waals surface area (Å²) >= 11 is 1.83. The molecule has 0 spiro atoms. The van der Waals surface area contributed by atoms with Crippen LogP contribution in [0.3, 0.4) is 0 Å². The molecule has 1 atom stereocenters. The summed E-state index contributed by atoms with van der Waals surface area (Å²) in [6.07, 6.45) is 0. The summed E-state index contributed by atoms with van der Waals surface area (Å²) in [5.41, 5.74) is 1.15. The Hall–Kier alpha value is -1.93. The smallest absolute Gasteiger partial charge is 0.325 e. The molecule has 2 amide bonds. The number of aliphatic carboxylic acids is 1. The minimum Gasteiger partial charge on any atom is -0.495 e. The lowest BCUT2D eigenvalue weighted by atomic mass is 10.0. The number of amides is 2. The largest absolute Gasteiger partial charge is 0.495 e. The van der Waals surface area contributed by atoms with E-state index in [2.05, 4.69) is 10.6 Å². The molecule has 7 nitrogen and oxygen atoms in total. The highest BCUT2D eigenvalue weighted by Gasteiger charge is 2.29. The summed E-state index contributed by atoms with van der Waals surface area (Å²) in [7, 11) is 1.50. The number of nitrogens with one attached hydrogen (secondary N) is 2. The zero-order valence-electron chi connectivity index (χ0n) is 13.9. The average molecular weight is 353 g/mol.